The van der Waals surface area contributed by atoms with E-state index < -0.39 is 0 Å². The molecule has 0 aromatic heterocycles. The van der Waals surface area contributed by atoms with Crippen molar-refractivity contribution in [3.8, 4) is 0 Å². The molecule has 0 unspecified atom stereocenters. The van der Waals surface area contributed by atoms with Crippen LogP contribution in [0.5, 0.6) is 0 Å². The Morgan fingerprint density at radius 1 is 1.27 bits per heavy atom. The van der Waals surface area contributed by atoms with Gasteiger partial charge in [0.2, 0.25) is 0 Å². The minimum absolute atomic E-state index is 0.151. The number of hydrogen-bond acceptors (Lipinski definition) is 2. The molecular formula is C9H20O2. The molecule has 11 heavy (non-hydrogen) atoms. The van der Waals surface area contributed by atoms with E-state index in [1.807, 2.05) is 13.8 Å². The van der Waals surface area contributed by atoms with E-state index in [4.69, 9.17) is 9.84 Å². The van der Waals surface area contributed by atoms with Crippen molar-refractivity contribution < 1.29 is 9.84 Å². The van der Waals surface area contributed by atoms with Gasteiger partial charge in [-0.3, -0.25) is 0 Å². The summed E-state index contributed by atoms with van der Waals surface area (Å²) in [4.78, 5) is 0. The van der Waals surface area contributed by atoms with E-state index in [2.05, 4.69) is 6.92 Å². The molecule has 1 N–H and O–H groups in total. The van der Waals surface area contributed by atoms with Crippen molar-refractivity contribution in [3.63, 3.8) is 0 Å². The highest BCUT2D eigenvalue weighted by Crippen LogP contribution is 2.28. The zero-order valence-corrected chi connectivity index (χ0v) is 7.89. The zero-order valence-electron chi connectivity index (χ0n) is 7.89. The summed E-state index contributed by atoms with van der Waals surface area (Å²) in [6.07, 6.45) is 2.01. The van der Waals surface area contributed by atoms with Gasteiger partial charge in [0.15, 0.2) is 0 Å². The maximum Gasteiger partial charge on any atom is 0.0486 e. The Kier molecular flexibility index (Phi) is 5.51. The summed E-state index contributed by atoms with van der Waals surface area (Å²) in [6.45, 7) is 8.04. The normalized spacial score (nSPS) is 21.8. The van der Waals surface area contributed by atoms with Gasteiger partial charge in [-0.25, -0.2) is 0 Å². The lowest BCUT2D eigenvalue weighted by molar-refractivity contribution is -0.00545. The van der Waals surface area contributed by atoms with E-state index in [9.17, 15) is 0 Å². The summed E-state index contributed by atoms with van der Waals surface area (Å²) in [7, 11) is 0. The van der Waals surface area contributed by atoms with Crippen molar-refractivity contribution in [2.75, 3.05) is 19.8 Å². The first-order chi connectivity index (χ1) is 5.27. The molecule has 68 valence electrons. The lowest BCUT2D eigenvalue weighted by Crippen LogP contribution is -2.29. The first-order valence-corrected chi connectivity index (χ1v) is 4.45. The van der Waals surface area contributed by atoms with E-state index in [1.54, 1.807) is 0 Å². The van der Waals surface area contributed by atoms with E-state index in [0.717, 1.165) is 26.1 Å². The van der Waals surface area contributed by atoms with Crippen LogP contribution in [-0.2, 0) is 4.74 Å². The molecule has 0 bridgehead atoms. The number of ether oxygens (including phenoxy) is 1. The predicted octanol–water partition coefficient (Wildman–Crippen LogP) is 1.82. The zero-order chi connectivity index (χ0) is 8.74. The van der Waals surface area contributed by atoms with Crippen molar-refractivity contribution in [2.24, 2.45) is 5.41 Å². The molecule has 0 aliphatic carbocycles. The minimum atomic E-state index is 0.151. The molecule has 1 aliphatic rings. The predicted molar refractivity (Wildman–Crippen MR) is 46.6 cm³/mol. The Labute approximate surface area is 69.6 Å². The van der Waals surface area contributed by atoms with Gasteiger partial charge in [0.25, 0.3) is 0 Å². The molecule has 2 nitrogen and oxygen atoms in total. The van der Waals surface area contributed by atoms with Crippen LogP contribution in [-0.4, -0.2) is 24.9 Å². The van der Waals surface area contributed by atoms with Crippen molar-refractivity contribution in [3.05, 3.63) is 0 Å². The summed E-state index contributed by atoms with van der Waals surface area (Å²) in [6, 6.07) is 0. The number of hydrogen-bond donors (Lipinski definition) is 1. The van der Waals surface area contributed by atoms with E-state index >= 15 is 0 Å². The monoisotopic (exact) mass is 160 g/mol. The van der Waals surface area contributed by atoms with Gasteiger partial charge in [-0.1, -0.05) is 20.8 Å². The minimum Gasteiger partial charge on any atom is -0.396 e. The van der Waals surface area contributed by atoms with Gasteiger partial charge in [0, 0.05) is 19.8 Å². The second kappa shape index (κ2) is 5.56. The smallest absolute Gasteiger partial charge is 0.0486 e. The summed E-state index contributed by atoms with van der Waals surface area (Å²) >= 11 is 0. The summed E-state index contributed by atoms with van der Waals surface area (Å²) < 4.78 is 5.16. The van der Waals surface area contributed by atoms with Crippen LogP contribution in [0.2, 0.25) is 0 Å². The van der Waals surface area contributed by atoms with Crippen LogP contribution in [0.3, 0.4) is 0 Å². The van der Waals surface area contributed by atoms with E-state index in [1.165, 1.54) is 0 Å². The molecule has 1 aliphatic heterocycles. The van der Waals surface area contributed by atoms with Crippen LogP contribution in [0.15, 0.2) is 0 Å². The van der Waals surface area contributed by atoms with Crippen LogP contribution in [0, 0.1) is 5.41 Å². The van der Waals surface area contributed by atoms with E-state index in [0.29, 0.717) is 6.61 Å². The fraction of sp³-hybridized carbons (Fsp3) is 1.00. The lowest BCUT2D eigenvalue weighted by atomic mass is 9.84. The molecule has 0 atom stereocenters. The first kappa shape index (κ1) is 10.9. The van der Waals surface area contributed by atoms with Crippen molar-refractivity contribution in [1.82, 2.24) is 0 Å². The molecule has 1 fully saturated rings. The van der Waals surface area contributed by atoms with Crippen LogP contribution < -0.4 is 0 Å². The fourth-order valence-electron chi connectivity index (χ4n) is 1.02. The molecule has 0 amide bonds. The molecule has 2 heteroatoms. The van der Waals surface area contributed by atoms with Gasteiger partial charge in [0.1, 0.15) is 0 Å². The van der Waals surface area contributed by atoms with Gasteiger partial charge < -0.3 is 9.84 Å². The Morgan fingerprint density at radius 2 is 1.73 bits per heavy atom. The second-order valence-electron chi connectivity index (χ2n) is 3.08. The number of aliphatic hydroxyl groups is 1. The molecule has 0 aromatic carbocycles. The standard InChI is InChI=1S/C7H14O2.C2H6/c1-7(6-8)2-4-9-5-3-7;1-2/h8H,2-6H2,1H3;1-2H3. The third-order valence-corrected chi connectivity index (χ3v) is 2.08. The Balaban J connectivity index is 0.000000461. The highest BCUT2D eigenvalue weighted by Gasteiger charge is 2.25. The average Bonchev–Trinajstić information content (AvgIpc) is 2.10. The van der Waals surface area contributed by atoms with Crippen molar-refractivity contribution in [1.29, 1.82) is 0 Å². The van der Waals surface area contributed by atoms with Gasteiger partial charge >= 0.3 is 0 Å². The van der Waals surface area contributed by atoms with Crippen LogP contribution >= 0.6 is 0 Å². The molecule has 0 saturated carbocycles. The van der Waals surface area contributed by atoms with Crippen LogP contribution in [0.25, 0.3) is 0 Å². The van der Waals surface area contributed by atoms with Crippen LogP contribution in [0.1, 0.15) is 33.6 Å². The van der Waals surface area contributed by atoms with Gasteiger partial charge in [-0.05, 0) is 18.3 Å². The Bertz CT molecular complexity index is 85.6. The molecule has 1 rings (SSSR count). The van der Waals surface area contributed by atoms with E-state index in [-0.39, 0.29) is 5.41 Å². The largest absolute Gasteiger partial charge is 0.396 e. The first-order valence-electron chi connectivity index (χ1n) is 4.45. The summed E-state index contributed by atoms with van der Waals surface area (Å²) in [5, 5.41) is 8.89. The molecule has 1 heterocycles. The van der Waals surface area contributed by atoms with Gasteiger partial charge in [-0.15, -0.1) is 0 Å². The molecule has 0 spiro atoms. The second-order valence-corrected chi connectivity index (χ2v) is 3.08. The third-order valence-electron chi connectivity index (χ3n) is 2.08. The maximum absolute atomic E-state index is 8.89. The van der Waals surface area contributed by atoms with Crippen molar-refractivity contribution >= 4 is 0 Å². The number of rotatable bonds is 1. The highest BCUT2D eigenvalue weighted by atomic mass is 16.5. The quantitative estimate of drug-likeness (QED) is 0.634. The number of aliphatic hydroxyl groups excluding tert-OH is 1. The molecule has 0 radical (unpaired) electrons. The summed E-state index contributed by atoms with van der Waals surface area (Å²) in [5.41, 5.74) is 0.151. The average molecular weight is 160 g/mol. The third kappa shape index (κ3) is 3.73. The van der Waals surface area contributed by atoms with Gasteiger partial charge in [-0.2, -0.15) is 0 Å². The molecule has 0 aromatic rings. The van der Waals surface area contributed by atoms with Crippen LogP contribution in [0.4, 0.5) is 0 Å². The van der Waals surface area contributed by atoms with Crippen molar-refractivity contribution in [2.45, 2.75) is 33.6 Å². The Morgan fingerprint density at radius 3 is 2.00 bits per heavy atom. The Hall–Kier alpha value is -0.0800. The van der Waals surface area contributed by atoms with Gasteiger partial charge in [0.05, 0.1) is 0 Å². The summed E-state index contributed by atoms with van der Waals surface area (Å²) in [5.74, 6) is 0. The molecular weight excluding hydrogens is 140 g/mol. The topological polar surface area (TPSA) is 29.5 Å². The highest BCUT2D eigenvalue weighted by molar-refractivity contribution is 4.75. The lowest BCUT2D eigenvalue weighted by Gasteiger charge is -2.31. The SMILES string of the molecule is CC.CC1(CO)CCOCC1. The fourth-order valence-corrected chi connectivity index (χ4v) is 1.02. The maximum atomic E-state index is 8.89. The molecule has 1 saturated heterocycles.